The first-order chi connectivity index (χ1) is 10.6. The number of benzene rings is 1. The van der Waals surface area contributed by atoms with E-state index < -0.39 is 0 Å². The van der Waals surface area contributed by atoms with Crippen molar-refractivity contribution in [3.05, 3.63) is 35.4 Å². The first-order valence-electron chi connectivity index (χ1n) is 7.95. The topological polar surface area (TPSA) is 63.2 Å². The van der Waals surface area contributed by atoms with Crippen molar-refractivity contribution in [2.75, 3.05) is 0 Å². The van der Waals surface area contributed by atoms with Gasteiger partial charge in [-0.05, 0) is 49.7 Å². The van der Waals surface area contributed by atoms with Gasteiger partial charge in [-0.15, -0.1) is 0 Å². The molecule has 0 saturated heterocycles. The molecule has 0 aromatic heterocycles. The minimum atomic E-state index is 0.0467. The monoisotopic (exact) mass is 301 g/mol. The van der Waals surface area contributed by atoms with Gasteiger partial charge in [0.2, 0.25) is 5.91 Å². The molecule has 2 saturated carbocycles. The molecule has 0 atom stereocenters. The second-order valence-corrected chi connectivity index (χ2v) is 6.59. The first-order valence-corrected chi connectivity index (χ1v) is 7.95. The fourth-order valence-corrected chi connectivity index (χ4v) is 3.17. The van der Waals surface area contributed by atoms with Crippen molar-refractivity contribution in [1.82, 2.24) is 5.32 Å². The van der Waals surface area contributed by atoms with Gasteiger partial charge in [0.25, 0.3) is 0 Å². The van der Waals surface area contributed by atoms with Crippen molar-refractivity contribution in [2.24, 2.45) is 0 Å². The van der Waals surface area contributed by atoms with Crippen LogP contribution < -0.4 is 5.32 Å². The van der Waals surface area contributed by atoms with Gasteiger partial charge >= 0.3 is 6.15 Å². The van der Waals surface area contributed by atoms with Crippen LogP contribution >= 0.6 is 0 Å². The molecule has 1 aromatic rings. The van der Waals surface area contributed by atoms with Crippen LogP contribution in [0.25, 0.3) is 0 Å². The van der Waals surface area contributed by atoms with Gasteiger partial charge in [-0.2, -0.15) is 9.59 Å². The van der Waals surface area contributed by atoms with E-state index in [1.807, 2.05) is 0 Å². The van der Waals surface area contributed by atoms with Gasteiger partial charge in [-0.1, -0.05) is 37.1 Å². The summed E-state index contributed by atoms with van der Waals surface area (Å²) >= 11 is 0. The minimum Gasteiger partial charge on any atom is -0.351 e. The molecule has 4 heteroatoms. The third-order valence-electron chi connectivity index (χ3n) is 4.54. The van der Waals surface area contributed by atoms with E-state index in [1.54, 1.807) is 0 Å². The van der Waals surface area contributed by atoms with Gasteiger partial charge in [0.15, 0.2) is 0 Å². The predicted octanol–water partition coefficient (Wildman–Crippen LogP) is 2.97. The number of amides is 1. The summed E-state index contributed by atoms with van der Waals surface area (Å²) in [5.41, 5.74) is 2.61. The van der Waals surface area contributed by atoms with Crippen molar-refractivity contribution in [3.63, 3.8) is 0 Å². The molecule has 22 heavy (non-hydrogen) atoms. The lowest BCUT2D eigenvalue weighted by Crippen LogP contribution is -2.44. The maximum atomic E-state index is 12.1. The highest BCUT2D eigenvalue weighted by atomic mass is 16.2. The smallest absolute Gasteiger partial charge is 0.351 e. The predicted molar refractivity (Wildman–Crippen MR) is 82.1 cm³/mol. The van der Waals surface area contributed by atoms with Crippen LogP contribution in [-0.2, 0) is 20.8 Å². The van der Waals surface area contributed by atoms with Crippen LogP contribution in [0.3, 0.4) is 0 Å². The molecule has 2 aliphatic carbocycles. The van der Waals surface area contributed by atoms with Crippen molar-refractivity contribution in [2.45, 2.75) is 63.3 Å². The van der Waals surface area contributed by atoms with Crippen LogP contribution in [0.15, 0.2) is 24.3 Å². The van der Waals surface area contributed by atoms with E-state index in [2.05, 4.69) is 36.5 Å². The van der Waals surface area contributed by atoms with Crippen LogP contribution in [0, 0.1) is 0 Å². The Hall–Kier alpha value is -1.93. The lowest BCUT2D eigenvalue weighted by Gasteiger charge is -2.25. The van der Waals surface area contributed by atoms with E-state index in [-0.39, 0.29) is 17.6 Å². The summed E-state index contributed by atoms with van der Waals surface area (Å²) in [6, 6.07) is 8.61. The first kappa shape index (κ1) is 16.4. The maximum Gasteiger partial charge on any atom is 0.373 e. The molecule has 1 N–H and O–H groups in total. The minimum absolute atomic E-state index is 0.0467. The zero-order valence-electron chi connectivity index (χ0n) is 13.1. The number of rotatable bonds is 4. The largest absolute Gasteiger partial charge is 0.373 e. The molecule has 0 radical (unpaired) electrons. The summed E-state index contributed by atoms with van der Waals surface area (Å²) in [6.07, 6.45) is 8.16. The highest BCUT2D eigenvalue weighted by Gasteiger charge is 2.30. The Kier molecular flexibility index (Phi) is 5.51. The van der Waals surface area contributed by atoms with Crippen LogP contribution in [0.4, 0.5) is 0 Å². The molecule has 0 bridgehead atoms. The Labute approximate surface area is 131 Å². The molecule has 4 nitrogen and oxygen atoms in total. The average molecular weight is 301 g/mol. The molecule has 1 aromatic carbocycles. The van der Waals surface area contributed by atoms with Gasteiger partial charge in [0, 0.05) is 5.54 Å². The normalized spacial score (nSPS) is 18.8. The van der Waals surface area contributed by atoms with Gasteiger partial charge in [0.05, 0.1) is 6.42 Å². The van der Waals surface area contributed by atoms with Crippen molar-refractivity contribution < 1.29 is 14.4 Å². The zero-order chi connectivity index (χ0) is 16.0. The molecule has 2 fully saturated rings. The second-order valence-electron chi connectivity index (χ2n) is 6.59. The van der Waals surface area contributed by atoms with E-state index >= 15 is 0 Å². The highest BCUT2D eigenvalue weighted by Crippen LogP contribution is 2.39. The average Bonchev–Trinajstić information content (AvgIpc) is 3.23. The van der Waals surface area contributed by atoms with E-state index in [0.717, 1.165) is 24.3 Å². The maximum absolute atomic E-state index is 12.1. The zero-order valence-corrected chi connectivity index (χ0v) is 13.1. The summed E-state index contributed by atoms with van der Waals surface area (Å²) in [6.45, 7) is 2.17. The number of carbonyl (C=O) groups excluding carboxylic acids is 3. The van der Waals surface area contributed by atoms with Crippen molar-refractivity contribution in [1.29, 1.82) is 0 Å². The fraction of sp³-hybridized carbons (Fsp3) is 0.556. The molecule has 2 aliphatic rings. The molecule has 1 amide bonds. The van der Waals surface area contributed by atoms with Gasteiger partial charge in [0.1, 0.15) is 0 Å². The van der Waals surface area contributed by atoms with Crippen LogP contribution in [0.2, 0.25) is 0 Å². The molecule has 118 valence electrons. The summed E-state index contributed by atoms with van der Waals surface area (Å²) < 4.78 is 0. The highest BCUT2D eigenvalue weighted by molar-refractivity contribution is 5.79. The van der Waals surface area contributed by atoms with Crippen LogP contribution in [-0.4, -0.2) is 17.6 Å². The molecule has 0 spiro atoms. The quantitative estimate of drug-likeness (QED) is 0.930. The van der Waals surface area contributed by atoms with E-state index in [4.69, 9.17) is 9.59 Å². The molecular formula is C18H23NO3. The summed E-state index contributed by atoms with van der Waals surface area (Å²) in [7, 11) is 0. The number of hydrogen-bond acceptors (Lipinski definition) is 3. The number of carbonyl (C=O) groups is 1. The third-order valence-corrected chi connectivity index (χ3v) is 4.54. The number of hydrogen-bond donors (Lipinski definition) is 1. The Balaban J connectivity index is 0.000000545. The molecule has 0 heterocycles. The summed E-state index contributed by atoms with van der Waals surface area (Å²) in [4.78, 5) is 28.3. The molecule has 0 unspecified atom stereocenters. The third kappa shape index (κ3) is 4.81. The lowest BCUT2D eigenvalue weighted by molar-refractivity contribution is -0.191. The number of nitrogens with one attached hydrogen (secondary N) is 1. The van der Waals surface area contributed by atoms with Crippen molar-refractivity contribution >= 4 is 12.1 Å². The SMILES string of the molecule is CC1(NC(=O)Cc2ccc(C3CC3)cc2)CCCC1.O=C=O. The Morgan fingerprint density at radius 2 is 1.73 bits per heavy atom. The van der Waals surface area contributed by atoms with Crippen LogP contribution in [0.5, 0.6) is 0 Å². The van der Waals surface area contributed by atoms with Gasteiger partial charge < -0.3 is 5.32 Å². The van der Waals surface area contributed by atoms with E-state index in [1.165, 1.54) is 31.2 Å². The Morgan fingerprint density at radius 3 is 2.23 bits per heavy atom. The van der Waals surface area contributed by atoms with Crippen molar-refractivity contribution in [3.8, 4) is 0 Å². The molecule has 0 aliphatic heterocycles. The van der Waals surface area contributed by atoms with E-state index in [0.29, 0.717) is 6.42 Å². The Bertz CT molecular complexity index is 534. The standard InChI is InChI=1S/C17H23NO.CO2/c1-17(10-2-3-11-17)18-16(19)12-13-4-6-14(7-5-13)15-8-9-15;2-1-3/h4-7,15H,2-3,8-12H2,1H3,(H,18,19);. The van der Waals surface area contributed by atoms with Crippen LogP contribution in [0.1, 0.15) is 62.5 Å². The molecular weight excluding hydrogens is 278 g/mol. The summed E-state index contributed by atoms with van der Waals surface area (Å²) in [5.74, 6) is 0.962. The second kappa shape index (κ2) is 7.37. The Morgan fingerprint density at radius 1 is 1.18 bits per heavy atom. The fourth-order valence-electron chi connectivity index (χ4n) is 3.17. The molecule has 3 rings (SSSR count). The van der Waals surface area contributed by atoms with Gasteiger partial charge in [-0.3, -0.25) is 4.79 Å². The lowest BCUT2D eigenvalue weighted by atomic mass is 9.99. The van der Waals surface area contributed by atoms with Gasteiger partial charge in [-0.25, -0.2) is 0 Å². The van der Waals surface area contributed by atoms with E-state index in [9.17, 15) is 4.79 Å². The summed E-state index contributed by atoms with van der Waals surface area (Å²) in [5, 5.41) is 3.21.